The third-order valence-corrected chi connectivity index (χ3v) is 12.5. The zero-order valence-corrected chi connectivity index (χ0v) is 40.8. The number of anilines is 1. The summed E-state index contributed by atoms with van der Waals surface area (Å²) in [7, 11) is 1.42. The zero-order chi connectivity index (χ0) is 51.8. The van der Waals surface area contributed by atoms with Gasteiger partial charge in [-0.2, -0.15) is 0 Å². The minimum absolute atomic E-state index is 0.0612. The molecule has 0 amide bonds. The average molecular weight is 978 g/mol. The van der Waals surface area contributed by atoms with Crippen molar-refractivity contribution >= 4 is 35.0 Å². The van der Waals surface area contributed by atoms with E-state index in [1.165, 1.54) is 7.11 Å². The number of methoxy groups -OCH3 is 1. The lowest BCUT2D eigenvalue weighted by Gasteiger charge is -2.44. The molecular formula is C54H75NO15. The molecule has 0 aliphatic carbocycles. The van der Waals surface area contributed by atoms with Crippen LogP contribution in [-0.2, 0) is 33.4 Å². The van der Waals surface area contributed by atoms with Gasteiger partial charge in [0.15, 0.2) is 11.6 Å². The lowest BCUT2D eigenvalue weighted by molar-refractivity contribution is -0.300. The SMILES string of the molecule is COC1/C=C/C=C/C=C/C=C/C=C/C=C/C=C/C(C)C(C(C)CC(C)C(O)CC(=O)c2ccc(N)cc2)OC(=O)CC(=O)CCCC(=O)CC(O)CC(O)CC(O)CC2(O)CC(O)C(C(=O)O)C(C1)O2. The number of carbonyl (C=O) groups excluding carboxylic acids is 4. The van der Waals surface area contributed by atoms with Gasteiger partial charge in [0.1, 0.15) is 30.0 Å². The van der Waals surface area contributed by atoms with Crippen LogP contribution < -0.4 is 5.73 Å². The highest BCUT2D eigenvalue weighted by molar-refractivity contribution is 5.97. The maximum Gasteiger partial charge on any atom is 0.313 e. The van der Waals surface area contributed by atoms with Gasteiger partial charge in [0.25, 0.3) is 0 Å². The molecule has 16 nitrogen and oxygen atoms in total. The van der Waals surface area contributed by atoms with Gasteiger partial charge in [-0.15, -0.1) is 0 Å². The summed E-state index contributed by atoms with van der Waals surface area (Å²) in [6.07, 6.45) is 13.5. The van der Waals surface area contributed by atoms with Gasteiger partial charge in [-0.3, -0.25) is 24.0 Å². The average Bonchev–Trinajstić information content (AvgIpc) is 3.26. The molecule has 1 saturated heterocycles. The maximum atomic E-state index is 13.2. The number of fused-ring (bicyclic) bond motifs is 2. The monoisotopic (exact) mass is 978 g/mol. The van der Waals surface area contributed by atoms with Gasteiger partial charge >= 0.3 is 11.9 Å². The number of nitrogen functional groups attached to an aromatic ring is 1. The molecule has 2 aliphatic rings. The Kier molecular flexibility index (Phi) is 25.8. The molecule has 386 valence electrons. The number of hydrogen-bond acceptors (Lipinski definition) is 15. The van der Waals surface area contributed by atoms with Crippen LogP contribution in [0.15, 0.2) is 109 Å². The minimum Gasteiger partial charge on any atom is -0.481 e. The normalized spacial score (nSPS) is 33.5. The largest absolute Gasteiger partial charge is 0.481 e. The number of benzene rings is 1. The van der Waals surface area contributed by atoms with Crippen LogP contribution in [0, 0.1) is 23.7 Å². The highest BCUT2D eigenvalue weighted by Gasteiger charge is 2.50. The van der Waals surface area contributed by atoms with E-state index >= 15 is 0 Å². The van der Waals surface area contributed by atoms with Gasteiger partial charge in [-0.1, -0.05) is 106 Å². The molecule has 1 aromatic carbocycles. The van der Waals surface area contributed by atoms with Crippen LogP contribution in [0.25, 0.3) is 0 Å². The number of rotatable bonds is 9. The Balaban J connectivity index is 1.76. The number of nitrogens with two attached hydrogens (primary N) is 1. The van der Waals surface area contributed by atoms with Crippen molar-refractivity contribution in [3.63, 3.8) is 0 Å². The number of aliphatic hydroxyl groups excluding tert-OH is 5. The Morgan fingerprint density at radius 3 is 1.93 bits per heavy atom. The van der Waals surface area contributed by atoms with E-state index in [0.29, 0.717) is 17.7 Å². The second-order valence-electron chi connectivity index (χ2n) is 18.7. The Bertz CT molecular complexity index is 2040. The van der Waals surface area contributed by atoms with Crippen LogP contribution in [0.5, 0.6) is 0 Å². The first-order valence-electron chi connectivity index (χ1n) is 24.1. The Labute approximate surface area is 411 Å². The number of carboxylic acids is 1. The number of ketones is 3. The van der Waals surface area contributed by atoms with E-state index in [2.05, 4.69) is 0 Å². The number of allylic oxidation sites excluding steroid dienone is 12. The number of ether oxygens (including phenoxy) is 3. The van der Waals surface area contributed by atoms with Crippen LogP contribution in [0.4, 0.5) is 5.69 Å². The van der Waals surface area contributed by atoms with Gasteiger partial charge in [0, 0.05) is 69.2 Å². The smallest absolute Gasteiger partial charge is 0.313 e. The molecule has 2 bridgehead atoms. The van der Waals surface area contributed by atoms with E-state index in [1.807, 2.05) is 75.5 Å². The van der Waals surface area contributed by atoms with Crippen molar-refractivity contribution in [3.8, 4) is 0 Å². The van der Waals surface area contributed by atoms with E-state index < -0.39 is 103 Å². The first kappa shape index (κ1) is 59.1. The number of carbonyl (C=O) groups is 5. The molecule has 16 heteroatoms. The van der Waals surface area contributed by atoms with Crippen LogP contribution in [0.3, 0.4) is 0 Å². The maximum absolute atomic E-state index is 13.2. The predicted molar refractivity (Wildman–Crippen MR) is 264 cm³/mol. The van der Waals surface area contributed by atoms with E-state index in [0.717, 1.165) is 0 Å². The fraction of sp³-hybridized carbons (Fsp3) is 0.537. The Morgan fingerprint density at radius 2 is 1.34 bits per heavy atom. The van der Waals surface area contributed by atoms with Gasteiger partial charge in [0.05, 0.1) is 42.7 Å². The van der Waals surface area contributed by atoms with Gasteiger partial charge in [-0.05, 0) is 61.8 Å². The molecule has 2 heterocycles. The van der Waals surface area contributed by atoms with E-state index in [1.54, 1.807) is 54.6 Å². The fourth-order valence-corrected chi connectivity index (χ4v) is 8.76. The first-order chi connectivity index (χ1) is 33.2. The van der Waals surface area contributed by atoms with Gasteiger partial charge in [-0.25, -0.2) is 0 Å². The molecule has 13 atom stereocenters. The molecule has 0 saturated carbocycles. The molecule has 2 aliphatic heterocycles. The van der Waals surface area contributed by atoms with Gasteiger partial charge in [0.2, 0.25) is 0 Å². The van der Waals surface area contributed by atoms with Crippen molar-refractivity contribution in [2.45, 2.75) is 152 Å². The van der Waals surface area contributed by atoms with Gasteiger partial charge < -0.3 is 55.7 Å². The zero-order valence-electron chi connectivity index (χ0n) is 40.8. The van der Waals surface area contributed by atoms with E-state index in [-0.39, 0.29) is 74.9 Å². The van der Waals surface area contributed by atoms with Crippen molar-refractivity contribution < 1.29 is 73.9 Å². The summed E-state index contributed by atoms with van der Waals surface area (Å²) in [5, 5.41) is 75.2. The molecule has 9 N–H and O–H groups in total. The van der Waals surface area contributed by atoms with Crippen LogP contribution in [0.2, 0.25) is 0 Å². The van der Waals surface area contributed by atoms with E-state index in [4.69, 9.17) is 19.9 Å². The van der Waals surface area contributed by atoms with E-state index in [9.17, 15) is 59.7 Å². The molecule has 0 spiro atoms. The third kappa shape index (κ3) is 21.9. The quantitative estimate of drug-likeness (QED) is 0.0647. The first-order valence-corrected chi connectivity index (χ1v) is 24.1. The molecule has 13 unspecified atom stereocenters. The topological polar surface area (TPSA) is 281 Å². The third-order valence-electron chi connectivity index (χ3n) is 12.5. The summed E-state index contributed by atoms with van der Waals surface area (Å²) in [5.41, 5.74) is 6.70. The predicted octanol–water partition coefficient (Wildman–Crippen LogP) is 5.61. The molecule has 0 radical (unpaired) electrons. The second-order valence-corrected chi connectivity index (χ2v) is 18.7. The molecule has 70 heavy (non-hydrogen) atoms. The number of carboxylic acid groups (broad SMARTS) is 1. The number of Topliss-reactive ketones (excluding diaryl/α,β-unsaturated/α-hetero) is 3. The summed E-state index contributed by atoms with van der Waals surface area (Å²) < 4.78 is 17.3. The Morgan fingerprint density at radius 1 is 0.786 bits per heavy atom. The van der Waals surface area contributed by atoms with Crippen molar-refractivity contribution in [1.29, 1.82) is 0 Å². The summed E-state index contributed by atoms with van der Waals surface area (Å²) >= 11 is 0. The van der Waals surface area contributed by atoms with Crippen LogP contribution >= 0.6 is 0 Å². The summed E-state index contributed by atoms with van der Waals surface area (Å²) in [5.74, 6) is -7.71. The molecule has 3 rings (SSSR count). The number of aliphatic hydroxyl groups is 6. The summed E-state index contributed by atoms with van der Waals surface area (Å²) in [6, 6.07) is 6.47. The number of aliphatic carboxylic acids is 1. The number of hydrogen-bond donors (Lipinski definition) is 8. The molecular weight excluding hydrogens is 903 g/mol. The number of cyclic esters (lactones) is 1. The van der Waals surface area contributed by atoms with Crippen molar-refractivity contribution in [2.24, 2.45) is 23.7 Å². The lowest BCUT2D eigenvalue weighted by Crippen LogP contribution is -2.56. The lowest BCUT2D eigenvalue weighted by atomic mass is 9.83. The van der Waals surface area contributed by atoms with Crippen LogP contribution in [-0.4, -0.2) is 127 Å². The van der Waals surface area contributed by atoms with Crippen molar-refractivity contribution in [2.75, 3.05) is 12.8 Å². The second kappa shape index (κ2) is 30.5. The highest BCUT2D eigenvalue weighted by atomic mass is 16.6. The molecule has 0 aromatic heterocycles. The molecule has 1 aromatic rings. The number of esters is 1. The Hall–Kier alpha value is -5.17. The van der Waals surface area contributed by atoms with Crippen molar-refractivity contribution in [3.05, 3.63) is 115 Å². The standard InChI is InChI=1S/C54H75NO15/c1-35-18-15-13-11-9-7-5-6-8-10-12-14-16-21-45(68-4)31-49-51(53(65)66)48(63)34-54(67,70-49)33-44(60)29-43(59)28-42(58)27-40(56)19-17-20-41(57)30-50(64)69-52(35)37(3)26-36(2)46(61)32-47(62)38-22-24-39(55)25-23-38/h5-16,18,21-25,35-37,42-46,48-49,51-52,58-61,63,67H,17,19-20,26-34,55H2,1-4H3,(H,65,66)/b6-5+,9-7+,10-8+,13-11+,14-12+,18-15+,21-16+. The summed E-state index contributed by atoms with van der Waals surface area (Å²) in [6.45, 7) is 5.58. The highest BCUT2D eigenvalue weighted by Crippen LogP contribution is 2.37. The minimum atomic E-state index is -2.17. The van der Waals surface area contributed by atoms with Crippen molar-refractivity contribution in [1.82, 2.24) is 0 Å². The fourth-order valence-electron chi connectivity index (χ4n) is 8.76. The summed E-state index contributed by atoms with van der Waals surface area (Å²) in [4.78, 5) is 64.0. The van der Waals surface area contributed by atoms with Crippen LogP contribution in [0.1, 0.15) is 108 Å². The molecule has 1 fully saturated rings.